The van der Waals surface area contributed by atoms with Crippen molar-refractivity contribution in [3.8, 4) is 0 Å². The van der Waals surface area contributed by atoms with E-state index >= 15 is 0 Å². The number of aliphatic imine (C=N–C) groups is 2. The molecule has 3 aromatic rings. The Morgan fingerprint density at radius 2 is 1.78 bits per heavy atom. The zero-order chi connectivity index (χ0) is 30.5. The molecule has 2 aromatic carbocycles. The average Bonchev–Trinajstić information content (AvgIpc) is 3.36. The molecule has 0 fully saturated rings. The SMILES string of the molecule is C=C(CNC(=O)c1cc2cc(C)cc(C)c2[nH]1)N(C)c1ccccc1C.C=C/C=C(N=C(C)C)/C(=C/C)N=CCC. The second kappa shape index (κ2) is 16.0. The molecule has 216 valence electrons. The highest BCUT2D eigenvalue weighted by Gasteiger charge is 2.13. The standard InChI is InChI=1S/C22H25N3O.C13H20N2/c1-14-10-16(3)21-18(11-14)12-19(24-21)22(26)23-13-17(4)25(5)20-9-7-6-8-15(20)2;1-6-9-13(15-11(4)5)12(8-3)14-10-7-2/h6-12,24H,4,13H2,1-3,5H3,(H,23,26);6,8-10H,1,7H2,2-5H3/b;12-8-,13-9-,14-10?. The number of H-pyrrole nitrogens is 1. The summed E-state index contributed by atoms with van der Waals surface area (Å²) in [5.41, 5.74) is 9.75. The van der Waals surface area contributed by atoms with Crippen LogP contribution in [0.25, 0.3) is 10.9 Å². The number of benzene rings is 2. The van der Waals surface area contributed by atoms with Crippen molar-refractivity contribution in [2.75, 3.05) is 18.5 Å². The molecule has 0 aliphatic rings. The van der Waals surface area contributed by atoms with E-state index in [-0.39, 0.29) is 5.91 Å². The number of fused-ring (bicyclic) bond motifs is 1. The third kappa shape index (κ3) is 9.60. The average molecular weight is 552 g/mol. The molecule has 1 amide bonds. The first-order valence-electron chi connectivity index (χ1n) is 13.9. The summed E-state index contributed by atoms with van der Waals surface area (Å²) in [6, 6.07) is 14.2. The van der Waals surface area contributed by atoms with Gasteiger partial charge in [0, 0.05) is 41.3 Å². The quantitative estimate of drug-likeness (QED) is 0.196. The van der Waals surface area contributed by atoms with Crippen LogP contribution in [0.5, 0.6) is 0 Å². The summed E-state index contributed by atoms with van der Waals surface area (Å²) in [5.74, 6) is -0.127. The fourth-order valence-corrected chi connectivity index (χ4v) is 4.25. The van der Waals surface area contributed by atoms with Crippen molar-refractivity contribution in [2.45, 2.75) is 54.9 Å². The molecule has 0 spiro atoms. The summed E-state index contributed by atoms with van der Waals surface area (Å²) in [6.45, 7) is 22.3. The van der Waals surface area contributed by atoms with Crippen LogP contribution in [0.4, 0.5) is 5.69 Å². The molecule has 0 radical (unpaired) electrons. The van der Waals surface area contributed by atoms with Gasteiger partial charge < -0.3 is 15.2 Å². The van der Waals surface area contributed by atoms with Crippen molar-refractivity contribution in [1.82, 2.24) is 10.3 Å². The van der Waals surface area contributed by atoms with Crippen LogP contribution < -0.4 is 10.2 Å². The summed E-state index contributed by atoms with van der Waals surface area (Å²) in [6.07, 6.45) is 8.36. The van der Waals surface area contributed by atoms with Crippen LogP contribution in [0.15, 0.2) is 101 Å². The molecular weight excluding hydrogens is 506 g/mol. The zero-order valence-corrected chi connectivity index (χ0v) is 25.9. The van der Waals surface area contributed by atoms with Crippen molar-refractivity contribution < 1.29 is 4.79 Å². The molecule has 0 aliphatic heterocycles. The number of aromatic amines is 1. The molecule has 0 atom stereocenters. The first-order valence-corrected chi connectivity index (χ1v) is 13.9. The second-order valence-corrected chi connectivity index (χ2v) is 10.1. The van der Waals surface area contributed by atoms with Gasteiger partial charge in [-0.2, -0.15) is 0 Å². The predicted octanol–water partition coefficient (Wildman–Crippen LogP) is 8.39. The van der Waals surface area contributed by atoms with Crippen LogP contribution in [0, 0.1) is 20.8 Å². The molecule has 0 unspecified atom stereocenters. The number of hydrogen-bond donors (Lipinski definition) is 2. The van der Waals surface area contributed by atoms with Crippen LogP contribution in [0.2, 0.25) is 0 Å². The molecule has 6 nitrogen and oxygen atoms in total. The van der Waals surface area contributed by atoms with E-state index in [1.165, 1.54) is 11.1 Å². The lowest BCUT2D eigenvalue weighted by molar-refractivity contribution is 0.0952. The number of carbonyl (C=O) groups is 1. The van der Waals surface area contributed by atoms with E-state index in [2.05, 4.69) is 72.4 Å². The van der Waals surface area contributed by atoms with E-state index in [4.69, 9.17) is 0 Å². The zero-order valence-electron chi connectivity index (χ0n) is 25.9. The number of nitrogens with zero attached hydrogens (tertiary/aromatic N) is 3. The van der Waals surface area contributed by atoms with E-state index in [1.54, 1.807) is 6.08 Å². The Morgan fingerprint density at radius 1 is 1.07 bits per heavy atom. The van der Waals surface area contributed by atoms with Crippen LogP contribution in [0.3, 0.4) is 0 Å². The summed E-state index contributed by atoms with van der Waals surface area (Å²) < 4.78 is 0. The fraction of sp³-hybridized carbons (Fsp3) is 0.286. The van der Waals surface area contributed by atoms with Crippen molar-refractivity contribution >= 4 is 34.4 Å². The van der Waals surface area contributed by atoms with Crippen LogP contribution >= 0.6 is 0 Å². The smallest absolute Gasteiger partial charge is 0.268 e. The Bertz CT molecular complexity index is 1500. The van der Waals surface area contributed by atoms with Crippen LogP contribution in [-0.2, 0) is 0 Å². The summed E-state index contributed by atoms with van der Waals surface area (Å²) in [4.78, 5) is 26.5. The minimum absolute atomic E-state index is 0.127. The molecule has 2 N–H and O–H groups in total. The lowest BCUT2D eigenvalue weighted by atomic mass is 10.1. The van der Waals surface area contributed by atoms with Crippen LogP contribution in [0.1, 0.15) is 61.3 Å². The van der Waals surface area contributed by atoms with Gasteiger partial charge in [-0.15, -0.1) is 0 Å². The predicted molar refractivity (Wildman–Crippen MR) is 178 cm³/mol. The maximum Gasteiger partial charge on any atom is 0.268 e. The molecule has 0 saturated carbocycles. The Balaban J connectivity index is 0.000000337. The number of anilines is 1. The molecule has 1 heterocycles. The number of aromatic nitrogens is 1. The maximum absolute atomic E-state index is 12.5. The number of nitrogens with one attached hydrogen (secondary N) is 2. The van der Waals surface area contributed by atoms with E-state index in [0.29, 0.717) is 12.2 Å². The van der Waals surface area contributed by atoms with Crippen molar-refractivity contribution in [1.29, 1.82) is 0 Å². The van der Waals surface area contributed by atoms with Gasteiger partial charge in [-0.05, 0) is 83.4 Å². The highest BCUT2D eigenvalue weighted by Crippen LogP contribution is 2.22. The second-order valence-electron chi connectivity index (χ2n) is 10.1. The minimum Gasteiger partial charge on any atom is -0.350 e. The van der Waals surface area contributed by atoms with Gasteiger partial charge in [0.2, 0.25) is 0 Å². The third-order valence-electron chi connectivity index (χ3n) is 6.29. The topological polar surface area (TPSA) is 72.8 Å². The highest BCUT2D eigenvalue weighted by molar-refractivity contribution is 5.99. The number of likely N-dealkylation sites (N-methyl/N-ethyl adjacent to an activating group) is 1. The summed E-state index contributed by atoms with van der Waals surface area (Å²) >= 11 is 0. The monoisotopic (exact) mass is 551 g/mol. The van der Waals surface area contributed by atoms with Gasteiger partial charge in [-0.3, -0.25) is 14.8 Å². The molecule has 3 rings (SSSR count). The first-order chi connectivity index (χ1) is 19.5. The Morgan fingerprint density at radius 3 is 2.39 bits per heavy atom. The molecule has 0 bridgehead atoms. The van der Waals surface area contributed by atoms with Gasteiger partial charge in [0.25, 0.3) is 5.91 Å². The summed E-state index contributed by atoms with van der Waals surface area (Å²) in [7, 11) is 1.96. The maximum atomic E-state index is 12.5. The number of para-hydroxylation sites is 1. The lowest BCUT2D eigenvalue weighted by Crippen LogP contribution is -2.31. The number of aryl methyl sites for hydroxylation is 3. The normalized spacial score (nSPS) is 11.6. The van der Waals surface area contributed by atoms with Crippen molar-refractivity contribution in [2.24, 2.45) is 9.98 Å². The largest absolute Gasteiger partial charge is 0.350 e. The van der Waals surface area contributed by atoms with Gasteiger partial charge in [0.05, 0.1) is 17.9 Å². The number of rotatable bonds is 10. The van der Waals surface area contributed by atoms with E-state index < -0.39 is 0 Å². The molecule has 0 aliphatic carbocycles. The fourth-order valence-electron chi connectivity index (χ4n) is 4.25. The van der Waals surface area contributed by atoms with Gasteiger partial charge in [0.15, 0.2) is 0 Å². The van der Waals surface area contributed by atoms with E-state index in [1.807, 2.05) is 82.3 Å². The Hall–Kier alpha value is -4.45. The molecular formula is C35H45N5O. The third-order valence-corrected chi connectivity index (χ3v) is 6.29. The Labute approximate surface area is 246 Å². The molecule has 6 heteroatoms. The van der Waals surface area contributed by atoms with Gasteiger partial charge in [-0.25, -0.2) is 0 Å². The number of carbonyl (C=O) groups excluding carboxylic acids is 1. The first kappa shape index (κ1) is 32.8. The summed E-state index contributed by atoms with van der Waals surface area (Å²) in [5, 5.41) is 4.01. The Kier molecular flexibility index (Phi) is 12.8. The van der Waals surface area contributed by atoms with Crippen LogP contribution in [-0.4, -0.2) is 36.4 Å². The lowest BCUT2D eigenvalue weighted by Gasteiger charge is -2.23. The van der Waals surface area contributed by atoms with Gasteiger partial charge in [0.1, 0.15) is 5.69 Å². The minimum atomic E-state index is -0.127. The van der Waals surface area contributed by atoms with Gasteiger partial charge >= 0.3 is 0 Å². The van der Waals surface area contributed by atoms with Gasteiger partial charge in [-0.1, -0.05) is 62.1 Å². The van der Waals surface area contributed by atoms with E-state index in [9.17, 15) is 4.79 Å². The number of amides is 1. The molecule has 0 saturated heterocycles. The molecule has 41 heavy (non-hydrogen) atoms. The van der Waals surface area contributed by atoms with E-state index in [0.717, 1.165) is 51.4 Å². The van der Waals surface area contributed by atoms with Crippen molar-refractivity contribution in [3.63, 3.8) is 0 Å². The van der Waals surface area contributed by atoms with Crippen molar-refractivity contribution in [3.05, 3.63) is 113 Å². The number of allylic oxidation sites excluding steroid dienone is 3. The molecule has 1 aromatic heterocycles. The number of hydrogen-bond acceptors (Lipinski definition) is 4. The highest BCUT2D eigenvalue weighted by atomic mass is 16.1.